The molecule has 2 atom stereocenters. The topological polar surface area (TPSA) is 32.7 Å². The van der Waals surface area contributed by atoms with E-state index in [9.17, 15) is 5.11 Å². The van der Waals surface area contributed by atoms with Gasteiger partial charge in [-0.1, -0.05) is 0 Å². The Hall–Kier alpha value is -0.100. The molecule has 1 aliphatic heterocycles. The number of benzene rings is 1. The Bertz CT molecular complexity index is 444. The van der Waals surface area contributed by atoms with Crippen molar-refractivity contribution in [1.82, 2.24) is 4.90 Å². The maximum atomic E-state index is 10.2. The van der Waals surface area contributed by atoms with Crippen molar-refractivity contribution in [2.75, 3.05) is 26.7 Å². The molecule has 0 aliphatic carbocycles. The molecule has 1 aromatic carbocycles. The van der Waals surface area contributed by atoms with Gasteiger partial charge in [0, 0.05) is 19.0 Å². The van der Waals surface area contributed by atoms with Gasteiger partial charge in [-0.25, -0.2) is 0 Å². The molecule has 0 spiro atoms. The number of hydrogen-bond donors (Lipinski definition) is 1. The number of halogens is 2. The molecule has 0 bridgehead atoms. The minimum absolute atomic E-state index is 0.199. The molecule has 20 heavy (non-hydrogen) atoms. The number of hydrogen-bond acceptors (Lipinski definition) is 3. The first-order valence-electron chi connectivity index (χ1n) is 6.98. The fraction of sp³-hybridized carbons (Fsp3) is 0.600. The molecule has 0 aromatic heterocycles. The van der Waals surface area contributed by atoms with Crippen LogP contribution in [-0.2, 0) is 6.42 Å². The first kappa shape index (κ1) is 16.3. The maximum Gasteiger partial charge on any atom is 0.147 e. The third-order valence-corrected chi connectivity index (χ3v) is 4.92. The van der Waals surface area contributed by atoms with Crippen molar-refractivity contribution in [3.63, 3.8) is 0 Å². The number of ether oxygens (including phenoxy) is 1. The Kier molecular flexibility index (Phi) is 5.90. The Labute approximate surface area is 137 Å². The van der Waals surface area contributed by atoms with Crippen LogP contribution in [0.1, 0.15) is 18.9 Å². The lowest BCUT2D eigenvalue weighted by molar-refractivity contribution is 0.0366. The summed E-state index contributed by atoms with van der Waals surface area (Å²) in [5.74, 6) is 1.14. The molecule has 0 amide bonds. The van der Waals surface area contributed by atoms with E-state index in [4.69, 9.17) is 4.74 Å². The third kappa shape index (κ3) is 3.97. The number of nitrogens with zero attached hydrogens (tertiary/aromatic N) is 1. The van der Waals surface area contributed by atoms with Crippen LogP contribution in [0, 0.1) is 5.92 Å². The maximum absolute atomic E-state index is 10.2. The van der Waals surface area contributed by atoms with Crippen LogP contribution in [0.4, 0.5) is 0 Å². The zero-order chi connectivity index (χ0) is 14.7. The molecule has 1 aromatic rings. The van der Waals surface area contributed by atoms with Gasteiger partial charge in [0.1, 0.15) is 5.75 Å². The van der Waals surface area contributed by atoms with Gasteiger partial charge in [-0.05, 0) is 76.4 Å². The molecule has 1 aliphatic rings. The van der Waals surface area contributed by atoms with Crippen molar-refractivity contribution in [1.29, 1.82) is 0 Å². The highest BCUT2D eigenvalue weighted by atomic mass is 79.9. The van der Waals surface area contributed by atoms with Crippen LogP contribution >= 0.6 is 31.9 Å². The lowest BCUT2D eigenvalue weighted by Crippen LogP contribution is -2.41. The summed E-state index contributed by atoms with van der Waals surface area (Å²) in [5, 5.41) is 10.2. The van der Waals surface area contributed by atoms with Gasteiger partial charge in [0.2, 0.25) is 0 Å². The summed E-state index contributed by atoms with van der Waals surface area (Å²) < 4.78 is 7.52. The Morgan fingerprint density at radius 2 is 2.00 bits per heavy atom. The third-order valence-electron chi connectivity index (χ3n) is 3.74. The molecule has 1 heterocycles. The van der Waals surface area contributed by atoms with Crippen LogP contribution in [0.2, 0.25) is 0 Å². The molecule has 5 heteroatoms. The van der Waals surface area contributed by atoms with Gasteiger partial charge in [0.15, 0.2) is 0 Å². The summed E-state index contributed by atoms with van der Waals surface area (Å²) in [6, 6.07) is 4.19. The van der Waals surface area contributed by atoms with Crippen LogP contribution in [-0.4, -0.2) is 42.9 Å². The monoisotopic (exact) mass is 405 g/mol. The Morgan fingerprint density at radius 1 is 1.35 bits per heavy atom. The highest BCUT2D eigenvalue weighted by Crippen LogP contribution is 2.36. The summed E-state index contributed by atoms with van der Waals surface area (Å²) in [6.45, 7) is 4.54. The van der Waals surface area contributed by atoms with E-state index >= 15 is 0 Å². The molecule has 1 saturated heterocycles. The van der Waals surface area contributed by atoms with Gasteiger partial charge >= 0.3 is 0 Å². The molecule has 0 saturated carbocycles. The first-order valence-corrected chi connectivity index (χ1v) is 8.57. The van der Waals surface area contributed by atoms with Gasteiger partial charge in [0.25, 0.3) is 0 Å². The van der Waals surface area contributed by atoms with E-state index in [0.29, 0.717) is 12.5 Å². The second kappa shape index (κ2) is 7.25. The van der Waals surface area contributed by atoms with Gasteiger partial charge in [-0.3, -0.25) is 0 Å². The van der Waals surface area contributed by atoms with E-state index in [0.717, 1.165) is 40.6 Å². The second-order valence-electron chi connectivity index (χ2n) is 5.40. The van der Waals surface area contributed by atoms with Gasteiger partial charge in [-0.2, -0.15) is 0 Å². The van der Waals surface area contributed by atoms with Gasteiger partial charge < -0.3 is 14.7 Å². The number of aliphatic hydroxyl groups is 1. The van der Waals surface area contributed by atoms with Crippen molar-refractivity contribution in [3.05, 3.63) is 26.6 Å². The second-order valence-corrected chi connectivity index (χ2v) is 7.11. The quantitative estimate of drug-likeness (QED) is 0.830. The summed E-state index contributed by atoms with van der Waals surface area (Å²) in [4.78, 5) is 2.29. The van der Waals surface area contributed by atoms with Crippen LogP contribution < -0.4 is 4.74 Å². The van der Waals surface area contributed by atoms with Crippen molar-refractivity contribution in [2.24, 2.45) is 5.92 Å². The summed E-state index contributed by atoms with van der Waals surface area (Å²) in [6.07, 6.45) is 1.55. The van der Waals surface area contributed by atoms with E-state index in [2.05, 4.69) is 55.9 Å². The van der Waals surface area contributed by atoms with Crippen LogP contribution in [0.15, 0.2) is 21.1 Å². The average Bonchev–Trinajstić information content (AvgIpc) is 2.38. The number of likely N-dealkylation sites (tertiary alicyclic amines) is 1. The summed E-state index contributed by atoms with van der Waals surface area (Å²) in [5.41, 5.74) is 1.21. The average molecular weight is 407 g/mol. The lowest BCUT2D eigenvalue weighted by atomic mass is 9.89. The fourth-order valence-corrected chi connectivity index (χ4v) is 4.23. The lowest BCUT2D eigenvalue weighted by Gasteiger charge is -2.34. The highest BCUT2D eigenvalue weighted by molar-refractivity contribution is 9.11. The minimum Gasteiger partial charge on any atom is -0.492 e. The molecule has 2 unspecified atom stereocenters. The molecular weight excluding hydrogens is 386 g/mol. The fourth-order valence-electron chi connectivity index (χ4n) is 2.72. The van der Waals surface area contributed by atoms with Crippen molar-refractivity contribution in [3.8, 4) is 5.75 Å². The smallest absolute Gasteiger partial charge is 0.147 e. The summed E-state index contributed by atoms with van der Waals surface area (Å²) >= 11 is 7.13. The molecule has 0 radical (unpaired) electrons. The normalized spacial score (nSPS) is 23.9. The largest absolute Gasteiger partial charge is 0.492 e. The Morgan fingerprint density at radius 3 is 2.60 bits per heavy atom. The number of aliphatic hydroxyl groups excluding tert-OH is 1. The number of piperidine rings is 1. The number of rotatable bonds is 4. The molecular formula is C15H21Br2NO2. The SMILES string of the molecule is CCOc1c(Br)cc(CC2CN(C)CCC2O)cc1Br. The molecule has 1 fully saturated rings. The van der Waals surface area contributed by atoms with E-state index in [1.54, 1.807) is 0 Å². The molecule has 1 N–H and O–H groups in total. The first-order chi connectivity index (χ1) is 9.51. The van der Waals surface area contributed by atoms with Crippen LogP contribution in [0.25, 0.3) is 0 Å². The molecule has 2 rings (SSSR count). The predicted molar refractivity (Wildman–Crippen MR) is 88.3 cm³/mol. The zero-order valence-electron chi connectivity index (χ0n) is 11.9. The standard InChI is InChI=1S/C15H21Br2NO2/c1-3-20-15-12(16)7-10(8-13(15)17)6-11-9-18(2)5-4-14(11)19/h7-8,11,14,19H,3-6,9H2,1-2H3. The van der Waals surface area contributed by atoms with E-state index in [1.807, 2.05) is 6.92 Å². The summed E-state index contributed by atoms with van der Waals surface area (Å²) in [7, 11) is 2.11. The van der Waals surface area contributed by atoms with Crippen LogP contribution in [0.5, 0.6) is 5.75 Å². The Balaban J connectivity index is 2.13. The van der Waals surface area contributed by atoms with Gasteiger partial charge in [0.05, 0.1) is 21.7 Å². The van der Waals surface area contributed by atoms with Crippen molar-refractivity contribution < 1.29 is 9.84 Å². The van der Waals surface area contributed by atoms with Crippen molar-refractivity contribution >= 4 is 31.9 Å². The van der Waals surface area contributed by atoms with Gasteiger partial charge in [-0.15, -0.1) is 0 Å². The minimum atomic E-state index is -0.199. The van der Waals surface area contributed by atoms with Crippen molar-refractivity contribution in [2.45, 2.75) is 25.9 Å². The van der Waals surface area contributed by atoms with Crippen LogP contribution in [0.3, 0.4) is 0 Å². The van der Waals surface area contributed by atoms with E-state index in [1.165, 1.54) is 5.56 Å². The predicted octanol–water partition coefficient (Wildman–Crippen LogP) is 3.47. The van der Waals surface area contributed by atoms with E-state index < -0.39 is 0 Å². The molecule has 112 valence electrons. The van der Waals surface area contributed by atoms with E-state index in [-0.39, 0.29) is 6.10 Å². The highest BCUT2D eigenvalue weighted by Gasteiger charge is 2.26. The zero-order valence-corrected chi connectivity index (χ0v) is 15.1. The molecule has 3 nitrogen and oxygen atoms in total.